The van der Waals surface area contributed by atoms with E-state index in [-0.39, 0.29) is 6.04 Å². The lowest BCUT2D eigenvalue weighted by atomic mass is 10.0. The molecule has 1 aliphatic rings. The average Bonchev–Trinajstić information content (AvgIpc) is 3.00. The van der Waals surface area contributed by atoms with E-state index in [2.05, 4.69) is 46.6 Å². The second kappa shape index (κ2) is 9.03. The number of hydrogen-bond donors (Lipinski definition) is 1. The summed E-state index contributed by atoms with van der Waals surface area (Å²) in [5, 5.41) is 4.80. The fourth-order valence-corrected chi connectivity index (χ4v) is 5.28. The summed E-state index contributed by atoms with van der Waals surface area (Å²) in [6, 6.07) is 15.0. The number of methoxy groups -OCH3 is 3. The van der Waals surface area contributed by atoms with Crippen LogP contribution in [-0.4, -0.2) is 52.4 Å². The fraction of sp³-hybridized carbons (Fsp3) is 0.391. The van der Waals surface area contributed by atoms with Crippen molar-refractivity contribution in [2.45, 2.75) is 12.5 Å². The molecule has 29 heavy (non-hydrogen) atoms. The molecule has 1 unspecified atom stereocenters. The van der Waals surface area contributed by atoms with Gasteiger partial charge in [0.25, 0.3) is 0 Å². The van der Waals surface area contributed by atoms with Crippen LogP contribution in [0.25, 0.3) is 10.1 Å². The van der Waals surface area contributed by atoms with E-state index in [1.54, 1.807) is 21.3 Å². The smallest absolute Gasteiger partial charge is 0.164 e. The Kier molecular flexibility index (Phi) is 6.23. The third-order valence-corrected chi connectivity index (χ3v) is 6.65. The van der Waals surface area contributed by atoms with Gasteiger partial charge in [0.1, 0.15) is 5.75 Å². The molecule has 1 aromatic heterocycles. The van der Waals surface area contributed by atoms with E-state index in [4.69, 9.17) is 14.2 Å². The van der Waals surface area contributed by atoms with E-state index in [1.807, 2.05) is 17.4 Å². The molecule has 2 aromatic carbocycles. The molecule has 154 valence electrons. The van der Waals surface area contributed by atoms with E-state index < -0.39 is 0 Å². The third-order valence-electron chi connectivity index (χ3n) is 5.48. The molecule has 3 aromatic rings. The molecule has 4 rings (SSSR count). The van der Waals surface area contributed by atoms with Crippen molar-refractivity contribution in [3.05, 3.63) is 52.9 Å². The maximum atomic E-state index is 5.81. The molecule has 1 saturated heterocycles. The molecule has 1 N–H and O–H groups in total. The average molecular weight is 413 g/mol. The number of hydrogen-bond acceptors (Lipinski definition) is 6. The lowest BCUT2D eigenvalue weighted by molar-refractivity contribution is 0.238. The molecule has 0 saturated carbocycles. The van der Waals surface area contributed by atoms with Gasteiger partial charge in [-0.25, -0.2) is 0 Å². The zero-order valence-electron chi connectivity index (χ0n) is 17.2. The molecule has 1 fully saturated rings. The van der Waals surface area contributed by atoms with Crippen LogP contribution in [-0.2, 0) is 0 Å². The molecule has 0 radical (unpaired) electrons. The molecule has 5 nitrogen and oxygen atoms in total. The highest BCUT2D eigenvalue weighted by Crippen LogP contribution is 2.44. The number of thiophene rings is 1. The van der Waals surface area contributed by atoms with Crippen LogP contribution in [0.1, 0.15) is 22.9 Å². The molecule has 0 aliphatic carbocycles. The van der Waals surface area contributed by atoms with Crippen LogP contribution in [0.5, 0.6) is 17.2 Å². The van der Waals surface area contributed by atoms with Crippen LogP contribution in [0.2, 0.25) is 0 Å². The van der Waals surface area contributed by atoms with Crippen molar-refractivity contribution in [2.24, 2.45) is 0 Å². The Morgan fingerprint density at radius 3 is 2.41 bits per heavy atom. The van der Waals surface area contributed by atoms with Gasteiger partial charge >= 0.3 is 0 Å². The minimum Gasteiger partial charge on any atom is -0.496 e. The number of benzene rings is 2. The highest BCUT2D eigenvalue weighted by atomic mass is 32.1. The van der Waals surface area contributed by atoms with Gasteiger partial charge in [-0.2, -0.15) is 0 Å². The van der Waals surface area contributed by atoms with E-state index in [9.17, 15) is 0 Å². The van der Waals surface area contributed by atoms with Crippen LogP contribution in [0.15, 0.2) is 42.5 Å². The van der Waals surface area contributed by atoms with Gasteiger partial charge in [0, 0.05) is 40.8 Å². The Bertz CT molecular complexity index is 931. The number of nitrogens with one attached hydrogen (secondary N) is 1. The zero-order valence-corrected chi connectivity index (χ0v) is 18.1. The Morgan fingerprint density at radius 1 is 0.897 bits per heavy atom. The number of ether oxygens (including phenoxy) is 3. The van der Waals surface area contributed by atoms with Gasteiger partial charge in [0.05, 0.1) is 27.4 Å². The third kappa shape index (κ3) is 4.06. The van der Waals surface area contributed by atoms with Gasteiger partial charge in [-0.1, -0.05) is 18.2 Å². The van der Waals surface area contributed by atoms with E-state index >= 15 is 0 Å². The zero-order chi connectivity index (χ0) is 20.2. The van der Waals surface area contributed by atoms with Crippen molar-refractivity contribution in [1.29, 1.82) is 0 Å². The SMILES string of the molecule is COc1cc(OC)c(C(c2cc3ccccc3s2)N2CCCNCC2)cc1OC. The van der Waals surface area contributed by atoms with Crippen LogP contribution in [0.3, 0.4) is 0 Å². The summed E-state index contributed by atoms with van der Waals surface area (Å²) in [4.78, 5) is 3.87. The Morgan fingerprint density at radius 2 is 1.66 bits per heavy atom. The topological polar surface area (TPSA) is 43.0 Å². The number of rotatable bonds is 6. The van der Waals surface area contributed by atoms with Gasteiger partial charge in [-0.3, -0.25) is 4.90 Å². The predicted molar refractivity (Wildman–Crippen MR) is 119 cm³/mol. The summed E-state index contributed by atoms with van der Waals surface area (Å²) >= 11 is 1.85. The van der Waals surface area contributed by atoms with Crippen molar-refractivity contribution in [3.63, 3.8) is 0 Å². The van der Waals surface area contributed by atoms with E-state index in [0.717, 1.165) is 49.7 Å². The standard InChI is InChI=1S/C23H28N2O3S/c1-26-18-15-20(28-3)19(27-2)14-17(18)23(25-11-6-9-24-10-12-25)22-13-16-7-4-5-8-21(16)29-22/h4-5,7-8,13-15,23-24H,6,9-12H2,1-3H3. The fourth-order valence-electron chi connectivity index (χ4n) is 4.06. The first-order chi connectivity index (χ1) is 14.2. The molecule has 1 aliphatic heterocycles. The maximum Gasteiger partial charge on any atom is 0.164 e. The molecule has 1 atom stereocenters. The van der Waals surface area contributed by atoms with Gasteiger partial charge in [0.2, 0.25) is 0 Å². The molecule has 2 heterocycles. The minimum absolute atomic E-state index is 0.0991. The summed E-state index contributed by atoms with van der Waals surface area (Å²) in [7, 11) is 5.05. The normalized spacial score (nSPS) is 16.4. The summed E-state index contributed by atoms with van der Waals surface area (Å²) in [5.74, 6) is 2.23. The molecular weight excluding hydrogens is 384 g/mol. The van der Waals surface area contributed by atoms with Crippen molar-refractivity contribution >= 4 is 21.4 Å². The van der Waals surface area contributed by atoms with E-state index in [0.29, 0.717) is 5.75 Å². The minimum atomic E-state index is 0.0991. The first-order valence-electron chi connectivity index (χ1n) is 9.98. The lowest BCUT2D eigenvalue weighted by Gasteiger charge is -2.31. The molecule has 0 spiro atoms. The van der Waals surface area contributed by atoms with Gasteiger partial charge in [-0.15, -0.1) is 11.3 Å². The monoisotopic (exact) mass is 412 g/mol. The predicted octanol–water partition coefficient (Wildman–Crippen LogP) is 4.31. The Balaban J connectivity index is 1.87. The van der Waals surface area contributed by atoms with E-state index in [1.165, 1.54) is 15.0 Å². The summed E-state index contributed by atoms with van der Waals surface area (Å²) in [5.41, 5.74) is 1.11. The van der Waals surface area contributed by atoms with Gasteiger partial charge < -0.3 is 19.5 Å². The van der Waals surface area contributed by atoms with Crippen LogP contribution >= 0.6 is 11.3 Å². The Hall–Kier alpha value is -2.28. The first-order valence-corrected chi connectivity index (χ1v) is 10.8. The first kappa shape index (κ1) is 20.0. The van der Waals surface area contributed by atoms with Crippen molar-refractivity contribution in [2.75, 3.05) is 47.5 Å². The largest absolute Gasteiger partial charge is 0.496 e. The number of nitrogens with zero attached hydrogens (tertiary/aromatic N) is 1. The maximum absolute atomic E-state index is 5.81. The van der Waals surface area contributed by atoms with Crippen molar-refractivity contribution in [1.82, 2.24) is 10.2 Å². The van der Waals surface area contributed by atoms with Crippen LogP contribution in [0.4, 0.5) is 0 Å². The summed E-state index contributed by atoms with van der Waals surface area (Å²) < 4.78 is 18.3. The van der Waals surface area contributed by atoms with Gasteiger partial charge in [-0.05, 0) is 36.6 Å². The number of fused-ring (bicyclic) bond motifs is 1. The highest BCUT2D eigenvalue weighted by Gasteiger charge is 2.29. The highest BCUT2D eigenvalue weighted by molar-refractivity contribution is 7.19. The Labute approximate surface area is 176 Å². The molecule has 0 bridgehead atoms. The second-order valence-corrected chi connectivity index (χ2v) is 8.29. The lowest BCUT2D eigenvalue weighted by Crippen LogP contribution is -2.32. The summed E-state index contributed by atoms with van der Waals surface area (Å²) in [6.45, 7) is 4.05. The van der Waals surface area contributed by atoms with Gasteiger partial charge in [0.15, 0.2) is 11.5 Å². The molecular formula is C23H28N2O3S. The molecule has 6 heteroatoms. The molecule has 0 amide bonds. The second-order valence-electron chi connectivity index (χ2n) is 7.18. The van der Waals surface area contributed by atoms with Crippen molar-refractivity contribution < 1.29 is 14.2 Å². The van der Waals surface area contributed by atoms with Crippen LogP contribution < -0.4 is 19.5 Å². The van der Waals surface area contributed by atoms with Crippen molar-refractivity contribution in [3.8, 4) is 17.2 Å². The summed E-state index contributed by atoms with van der Waals surface area (Å²) in [6.07, 6.45) is 1.12. The quantitative estimate of drug-likeness (QED) is 0.653. The van der Waals surface area contributed by atoms with Crippen LogP contribution in [0, 0.1) is 0 Å².